The summed E-state index contributed by atoms with van der Waals surface area (Å²) in [6.07, 6.45) is 2.93. The summed E-state index contributed by atoms with van der Waals surface area (Å²) in [5.74, 6) is 0.340. The zero-order valence-corrected chi connectivity index (χ0v) is 8.45. The van der Waals surface area contributed by atoms with Gasteiger partial charge in [0, 0.05) is 25.7 Å². The van der Waals surface area contributed by atoms with Crippen molar-refractivity contribution in [2.45, 2.75) is 25.3 Å². The maximum Gasteiger partial charge on any atom is 0.228 e. The summed E-state index contributed by atoms with van der Waals surface area (Å²) in [5.41, 5.74) is 5.77. The van der Waals surface area contributed by atoms with Crippen LogP contribution in [-0.4, -0.2) is 43.2 Å². The fraction of sp³-hybridized carbons (Fsp3) is 0.900. The Morgan fingerprint density at radius 3 is 2.86 bits per heavy atom. The summed E-state index contributed by atoms with van der Waals surface area (Å²) in [5, 5.41) is 0. The maximum absolute atomic E-state index is 11.9. The molecule has 14 heavy (non-hydrogen) atoms. The van der Waals surface area contributed by atoms with E-state index in [1.165, 1.54) is 0 Å². The van der Waals surface area contributed by atoms with Gasteiger partial charge in [-0.1, -0.05) is 0 Å². The Morgan fingerprint density at radius 1 is 1.43 bits per heavy atom. The van der Waals surface area contributed by atoms with Crippen molar-refractivity contribution < 1.29 is 9.53 Å². The molecule has 0 radical (unpaired) electrons. The van der Waals surface area contributed by atoms with Gasteiger partial charge in [0.25, 0.3) is 0 Å². The van der Waals surface area contributed by atoms with E-state index in [0.29, 0.717) is 6.61 Å². The molecule has 2 atom stereocenters. The molecule has 0 saturated carbocycles. The molecule has 0 spiro atoms. The minimum absolute atomic E-state index is 0.0917. The third-order valence-corrected chi connectivity index (χ3v) is 3.05. The van der Waals surface area contributed by atoms with Crippen LogP contribution in [0.1, 0.15) is 19.3 Å². The fourth-order valence-corrected chi connectivity index (χ4v) is 2.18. The lowest BCUT2D eigenvalue weighted by molar-refractivity contribution is -0.138. The number of likely N-dealkylation sites (tertiary alicyclic amines) is 1. The monoisotopic (exact) mass is 198 g/mol. The van der Waals surface area contributed by atoms with Crippen LogP contribution in [0.3, 0.4) is 0 Å². The van der Waals surface area contributed by atoms with E-state index in [1.54, 1.807) is 0 Å². The van der Waals surface area contributed by atoms with Gasteiger partial charge in [0.15, 0.2) is 0 Å². The van der Waals surface area contributed by atoms with Gasteiger partial charge in [-0.15, -0.1) is 0 Å². The molecule has 0 aromatic carbocycles. The summed E-state index contributed by atoms with van der Waals surface area (Å²) in [6.45, 7) is 2.97. The Balaban J connectivity index is 1.87. The average molecular weight is 198 g/mol. The third kappa shape index (κ3) is 2.07. The van der Waals surface area contributed by atoms with Crippen LogP contribution in [0.5, 0.6) is 0 Å². The summed E-state index contributed by atoms with van der Waals surface area (Å²) >= 11 is 0. The number of rotatable bonds is 1. The van der Waals surface area contributed by atoms with Crippen molar-refractivity contribution in [1.82, 2.24) is 4.90 Å². The summed E-state index contributed by atoms with van der Waals surface area (Å²) in [7, 11) is 0. The Morgan fingerprint density at radius 2 is 2.29 bits per heavy atom. The molecule has 2 rings (SSSR count). The van der Waals surface area contributed by atoms with Gasteiger partial charge in [0.05, 0.1) is 12.5 Å². The quantitative estimate of drug-likeness (QED) is 0.644. The van der Waals surface area contributed by atoms with Gasteiger partial charge in [0.1, 0.15) is 0 Å². The maximum atomic E-state index is 11.9. The number of hydrogen-bond donors (Lipinski definition) is 1. The van der Waals surface area contributed by atoms with E-state index >= 15 is 0 Å². The molecule has 4 heteroatoms. The molecule has 0 aromatic heterocycles. The van der Waals surface area contributed by atoms with Gasteiger partial charge in [0.2, 0.25) is 5.91 Å². The van der Waals surface area contributed by atoms with Crippen molar-refractivity contribution in [2.24, 2.45) is 11.7 Å². The van der Waals surface area contributed by atoms with Crippen LogP contribution < -0.4 is 5.73 Å². The molecule has 0 aliphatic carbocycles. The van der Waals surface area contributed by atoms with E-state index in [0.717, 1.165) is 39.0 Å². The van der Waals surface area contributed by atoms with Gasteiger partial charge in [-0.25, -0.2) is 0 Å². The van der Waals surface area contributed by atoms with Crippen molar-refractivity contribution in [3.8, 4) is 0 Å². The summed E-state index contributed by atoms with van der Waals surface area (Å²) in [6, 6.07) is 0.184. The van der Waals surface area contributed by atoms with E-state index < -0.39 is 0 Å². The highest BCUT2D eigenvalue weighted by molar-refractivity contribution is 5.79. The Bertz CT molecular complexity index is 207. The van der Waals surface area contributed by atoms with Crippen LogP contribution >= 0.6 is 0 Å². The number of carbonyl (C=O) groups excluding carboxylic acids is 1. The SMILES string of the molecule is N[C@H]1CCN(C(=O)C2CCCOC2)C1. The highest BCUT2D eigenvalue weighted by Crippen LogP contribution is 2.19. The first kappa shape index (κ1) is 9.93. The van der Waals surface area contributed by atoms with Crippen molar-refractivity contribution in [2.75, 3.05) is 26.3 Å². The van der Waals surface area contributed by atoms with Gasteiger partial charge in [-0.2, -0.15) is 0 Å². The number of amides is 1. The zero-order valence-electron chi connectivity index (χ0n) is 8.45. The molecule has 2 saturated heterocycles. The lowest BCUT2D eigenvalue weighted by Gasteiger charge is -2.26. The molecule has 2 fully saturated rings. The second kappa shape index (κ2) is 4.28. The molecule has 2 heterocycles. The van der Waals surface area contributed by atoms with Crippen molar-refractivity contribution in [1.29, 1.82) is 0 Å². The molecule has 2 aliphatic heterocycles. The smallest absolute Gasteiger partial charge is 0.228 e. The first-order chi connectivity index (χ1) is 6.77. The van der Waals surface area contributed by atoms with Crippen LogP contribution in [0.15, 0.2) is 0 Å². The second-order valence-corrected chi connectivity index (χ2v) is 4.25. The van der Waals surface area contributed by atoms with Crippen LogP contribution in [0, 0.1) is 5.92 Å². The molecule has 1 unspecified atom stereocenters. The summed E-state index contributed by atoms with van der Waals surface area (Å²) in [4.78, 5) is 13.8. The van der Waals surface area contributed by atoms with Gasteiger partial charge < -0.3 is 15.4 Å². The standard InChI is InChI=1S/C10H18N2O2/c11-9-3-4-12(6-9)10(13)8-2-1-5-14-7-8/h8-9H,1-7,11H2/t8?,9-/m0/s1. The number of carbonyl (C=O) groups is 1. The van der Waals surface area contributed by atoms with Gasteiger partial charge in [-0.3, -0.25) is 4.79 Å². The minimum Gasteiger partial charge on any atom is -0.381 e. The highest BCUT2D eigenvalue weighted by atomic mass is 16.5. The van der Waals surface area contributed by atoms with E-state index in [-0.39, 0.29) is 17.9 Å². The normalized spacial score (nSPS) is 33.4. The van der Waals surface area contributed by atoms with Crippen molar-refractivity contribution in [3.05, 3.63) is 0 Å². The number of hydrogen-bond acceptors (Lipinski definition) is 3. The third-order valence-electron chi connectivity index (χ3n) is 3.05. The number of ether oxygens (including phenoxy) is 1. The molecule has 80 valence electrons. The van der Waals surface area contributed by atoms with E-state index in [9.17, 15) is 4.79 Å². The van der Waals surface area contributed by atoms with Gasteiger partial charge in [-0.05, 0) is 19.3 Å². The molecule has 4 nitrogen and oxygen atoms in total. The topological polar surface area (TPSA) is 55.6 Å². The van der Waals surface area contributed by atoms with Gasteiger partial charge >= 0.3 is 0 Å². The van der Waals surface area contributed by atoms with Crippen LogP contribution in [0.4, 0.5) is 0 Å². The van der Waals surface area contributed by atoms with Crippen molar-refractivity contribution in [3.63, 3.8) is 0 Å². The first-order valence-electron chi connectivity index (χ1n) is 5.39. The van der Waals surface area contributed by atoms with Crippen LogP contribution in [0.2, 0.25) is 0 Å². The van der Waals surface area contributed by atoms with Crippen LogP contribution in [-0.2, 0) is 9.53 Å². The Kier molecular flexibility index (Phi) is 3.03. The highest BCUT2D eigenvalue weighted by Gasteiger charge is 2.30. The largest absolute Gasteiger partial charge is 0.381 e. The predicted octanol–water partition coefficient (Wildman–Crippen LogP) is -0.0274. The fourth-order valence-electron chi connectivity index (χ4n) is 2.18. The predicted molar refractivity (Wildman–Crippen MR) is 52.7 cm³/mol. The molecule has 2 N–H and O–H groups in total. The number of nitrogens with two attached hydrogens (primary N) is 1. The number of nitrogens with zero attached hydrogens (tertiary/aromatic N) is 1. The average Bonchev–Trinajstić information content (AvgIpc) is 2.65. The van der Waals surface area contributed by atoms with Crippen molar-refractivity contribution >= 4 is 5.91 Å². The Hall–Kier alpha value is -0.610. The zero-order chi connectivity index (χ0) is 9.97. The molecular formula is C10H18N2O2. The molecular weight excluding hydrogens is 180 g/mol. The molecule has 0 bridgehead atoms. The molecule has 0 aromatic rings. The lowest BCUT2D eigenvalue weighted by atomic mass is 10.0. The first-order valence-corrected chi connectivity index (χ1v) is 5.39. The second-order valence-electron chi connectivity index (χ2n) is 4.25. The molecule has 1 amide bonds. The minimum atomic E-state index is 0.0917. The van der Waals surface area contributed by atoms with Crippen LogP contribution in [0.25, 0.3) is 0 Å². The van der Waals surface area contributed by atoms with E-state index in [4.69, 9.17) is 10.5 Å². The Labute approximate surface area is 84.4 Å². The van der Waals surface area contributed by atoms with E-state index in [2.05, 4.69) is 0 Å². The lowest BCUT2D eigenvalue weighted by Crippen LogP contribution is -2.39. The van der Waals surface area contributed by atoms with E-state index in [1.807, 2.05) is 4.90 Å². The molecule has 2 aliphatic rings. The summed E-state index contributed by atoms with van der Waals surface area (Å²) < 4.78 is 5.31.